The van der Waals surface area contributed by atoms with Gasteiger partial charge in [0.25, 0.3) is 0 Å². The summed E-state index contributed by atoms with van der Waals surface area (Å²) in [6, 6.07) is 4.68. The number of carboxylic acid groups (broad SMARTS) is 1. The normalized spacial score (nSPS) is 27.7. The molecule has 2 fully saturated rings. The minimum atomic E-state index is -2.35. The quantitative estimate of drug-likeness (QED) is 0.0618. The molecule has 596 valence electrons. The first-order valence-corrected chi connectivity index (χ1v) is 36.8. The topological polar surface area (TPSA) is 548 Å². The average molecular weight is 1610 g/mol. The third kappa shape index (κ3) is 17.2. The number of carbonyl (C=O) groups is 8. The smallest absolute Gasteiger partial charge is 0.330 e. The molecule has 11 unspecified atom stereocenters. The van der Waals surface area contributed by atoms with Gasteiger partial charge in [-0.25, -0.2) is 9.78 Å². The maximum absolute atomic E-state index is 16.2. The molecular formula is C74H81Cl2N11O24S. The van der Waals surface area contributed by atoms with Crippen LogP contribution < -0.4 is 67.6 Å². The summed E-state index contributed by atoms with van der Waals surface area (Å²) >= 11 is 15.4. The molecule has 8 heterocycles. The van der Waals surface area contributed by atoms with Crippen LogP contribution in [0.25, 0.3) is 22.2 Å². The summed E-state index contributed by atoms with van der Waals surface area (Å²) in [5, 5.41) is 123. The number of phenolic OH excluding ortho intramolecular Hbond substituents is 3. The number of aromatic nitrogens is 2. The van der Waals surface area contributed by atoms with Crippen LogP contribution in [0.5, 0.6) is 51.7 Å². The number of H-pyrrole nitrogens is 1. The summed E-state index contributed by atoms with van der Waals surface area (Å²) in [5.74, 6) is -15.5. The molecule has 6 aromatic carbocycles. The number of methoxy groups -OCH3 is 1. The van der Waals surface area contributed by atoms with Gasteiger partial charge >= 0.3 is 5.97 Å². The number of nitrogens with one attached hydrogen (secondary N) is 8. The van der Waals surface area contributed by atoms with Crippen LogP contribution in [0.1, 0.15) is 105 Å². The van der Waals surface area contributed by atoms with Gasteiger partial charge in [-0.15, -0.1) is 0 Å². The summed E-state index contributed by atoms with van der Waals surface area (Å²) in [4.78, 5) is 126. The summed E-state index contributed by atoms with van der Waals surface area (Å²) in [6.45, 7) is 6.70. The summed E-state index contributed by atoms with van der Waals surface area (Å²) < 4.78 is 45.2. The number of hydrogen-bond acceptors (Lipinski definition) is 27. The zero-order valence-electron chi connectivity index (χ0n) is 60.4. The molecule has 21 N–H and O–H groups in total. The lowest BCUT2D eigenvalue weighted by molar-refractivity contribution is -0.329. The number of aliphatic carboxylic acids is 1. The Kier molecular flexibility index (Phi) is 24.0. The number of rotatable bonds is 16. The fourth-order valence-corrected chi connectivity index (χ4v) is 15.2. The van der Waals surface area contributed by atoms with E-state index in [-0.39, 0.29) is 57.7 Å². The molecule has 0 spiro atoms. The second kappa shape index (κ2) is 33.2. The number of amides is 7. The van der Waals surface area contributed by atoms with Gasteiger partial charge in [-0.3, -0.25) is 33.6 Å². The summed E-state index contributed by atoms with van der Waals surface area (Å²) in [6.07, 6.45) is -18.2. The first-order valence-electron chi connectivity index (χ1n) is 35.1. The zero-order valence-corrected chi connectivity index (χ0v) is 62.7. The number of aliphatic hydroxyl groups excluding tert-OH is 5. The fraction of sp³-hybridized carbons (Fsp3) is 0.392. The van der Waals surface area contributed by atoms with Gasteiger partial charge in [0.2, 0.25) is 53.4 Å². The third-order valence-electron chi connectivity index (χ3n) is 19.6. The Morgan fingerprint density at radius 3 is 2.00 bits per heavy atom. The second-order valence-electron chi connectivity index (χ2n) is 28.3. The van der Waals surface area contributed by atoms with E-state index in [2.05, 4.69) is 47.2 Å². The first-order chi connectivity index (χ1) is 53.1. The van der Waals surface area contributed by atoms with Crippen LogP contribution in [0.15, 0.2) is 102 Å². The number of aliphatic hydroxyl groups is 5. The van der Waals surface area contributed by atoms with Gasteiger partial charge in [0.15, 0.2) is 35.1 Å². The maximum atomic E-state index is 16.2. The third-order valence-corrected chi connectivity index (χ3v) is 21.2. The van der Waals surface area contributed by atoms with Crippen LogP contribution in [0.4, 0.5) is 0 Å². The van der Waals surface area contributed by atoms with E-state index >= 15 is 14.4 Å². The molecule has 7 aliphatic heterocycles. The minimum absolute atomic E-state index is 0.103. The van der Waals surface area contributed by atoms with Crippen molar-refractivity contribution in [1.29, 1.82) is 0 Å². The van der Waals surface area contributed by atoms with E-state index in [1.165, 1.54) is 40.1 Å². The van der Waals surface area contributed by atoms with E-state index in [4.69, 9.17) is 67.8 Å². The summed E-state index contributed by atoms with van der Waals surface area (Å²) in [7, 11) is 2.97. The number of benzene rings is 6. The van der Waals surface area contributed by atoms with Gasteiger partial charge in [-0.05, 0) is 122 Å². The van der Waals surface area contributed by atoms with Crippen molar-refractivity contribution in [3.8, 4) is 62.9 Å². The van der Waals surface area contributed by atoms with Gasteiger partial charge < -0.3 is 133 Å². The number of imidazole rings is 1. The van der Waals surface area contributed by atoms with E-state index in [1.54, 1.807) is 18.2 Å². The monoisotopic (exact) mass is 1610 g/mol. The highest BCUT2D eigenvalue weighted by Gasteiger charge is 2.52. The van der Waals surface area contributed by atoms with Gasteiger partial charge in [0.1, 0.15) is 89.1 Å². The number of carboxylic acids is 1. The number of ether oxygens (including phenoxy) is 7. The number of likely N-dealkylation sites (N-methyl/N-ethyl adjacent to an activating group) is 1. The first kappa shape index (κ1) is 81.2. The number of aromatic amines is 1. The van der Waals surface area contributed by atoms with E-state index in [0.29, 0.717) is 21.9 Å². The Morgan fingerprint density at radius 1 is 0.732 bits per heavy atom. The molecule has 11 bridgehead atoms. The predicted molar refractivity (Wildman–Crippen MR) is 396 cm³/mol. The molecule has 0 saturated carbocycles. The number of thioether (sulfide) groups is 1. The molecule has 14 rings (SSSR count). The zero-order chi connectivity index (χ0) is 80.8. The Bertz CT molecular complexity index is 4840. The number of phenols is 3. The van der Waals surface area contributed by atoms with Gasteiger partial charge in [0, 0.05) is 46.5 Å². The standard InChI is InChI=1S/C74H81Cl2N11O24S/c1-27(2)15-41(79-5)65(97)86-56-58(92)30-8-13-45(37(75)17-30)107-47-19-32-20-48(62(47)111-72-63(110-51-25-74(4,78)64(96)28(3)106-51)61(95)60(94)49(109-72)26-112-73-81-39-11-10-34(105-6)23-40(39)82-73)108-46-14-9-31(18-38(46)76)59(93)57-70(102)85-55(71(103)104)36-21-33(88)22-44(90)52(36)35-16-29(7-12-43(35)89)53(67(99)87-57)84-68(100)54(32)83-66(98)42(24-50(77)91)80-69(56)101/h7-14,16-23,27-28,41-42,49,51,53-61,63-64,72,79,88-90,92-96H,15,24-26,78H2,1-6H3,(H2,77,91)(H,80,101)(H,81,82)(H,83,98)(H,84,100)(H,85,102)(H,86,97)(H,87,99)(H,103,104)/t28?,41-,42-,49?,51?,53?,54?,55+,56+,57-,58+,59+,60?,61?,63?,64?,72?,74?/m0/s1. The highest BCUT2D eigenvalue weighted by Crippen LogP contribution is 2.50. The fourth-order valence-electron chi connectivity index (χ4n) is 13.8. The van der Waals surface area contributed by atoms with Crippen molar-refractivity contribution in [2.24, 2.45) is 17.4 Å². The molecule has 0 aliphatic carbocycles. The number of nitrogens with two attached hydrogens (primary N) is 2. The van der Waals surface area contributed by atoms with E-state index in [1.807, 2.05) is 13.8 Å². The van der Waals surface area contributed by atoms with Crippen LogP contribution in [-0.2, 0) is 52.6 Å². The highest BCUT2D eigenvalue weighted by atomic mass is 35.5. The number of halogens is 2. The van der Waals surface area contributed by atoms with E-state index in [0.717, 1.165) is 78.5 Å². The number of aromatic hydroxyl groups is 3. The summed E-state index contributed by atoms with van der Waals surface area (Å²) in [5.41, 5.74) is 9.33. The molecule has 38 heteroatoms. The Balaban J connectivity index is 1.09. The molecule has 35 nitrogen and oxygen atoms in total. The number of hydrogen-bond donors (Lipinski definition) is 19. The number of primary amides is 1. The highest BCUT2D eigenvalue weighted by molar-refractivity contribution is 7.99. The van der Waals surface area contributed by atoms with Crippen molar-refractivity contribution < 1.29 is 117 Å². The Hall–Kier alpha value is -10.3. The van der Waals surface area contributed by atoms with Crippen LogP contribution in [0.3, 0.4) is 0 Å². The lowest BCUT2D eigenvalue weighted by Gasteiger charge is -2.47. The van der Waals surface area contributed by atoms with Crippen LogP contribution in [0.2, 0.25) is 10.0 Å². The van der Waals surface area contributed by atoms with Gasteiger partial charge in [-0.2, -0.15) is 0 Å². The maximum Gasteiger partial charge on any atom is 0.330 e. The number of fused-ring (bicyclic) bond motifs is 16. The SMILES string of the molecule is CN[C@@H](CC(C)C)C(=O)N[C@H]1C(=O)N[C@@H](CC(N)=O)C(=O)NC2C(=O)NC3C(=O)N[C@H](C(=O)N[C@@H](C(=O)O)c4cc(O)cc(O)c4-c4cc3ccc4O)[C@H](O)c3ccc(c(Cl)c3)Oc3cc2cc(c3OC2OC(CSc3nc4cc(OC)ccc4[nH]3)C(O)C(O)C2OC2CC(C)(N)C(O)C(C)O2)Oc2ccc(cc2Cl)[C@H]1O. The molecule has 0 radical (unpaired) electrons. The minimum Gasteiger partial charge on any atom is -0.508 e. The molecular weight excluding hydrogens is 1530 g/mol. The molecule has 7 aromatic rings. The largest absolute Gasteiger partial charge is 0.508 e. The predicted octanol–water partition coefficient (Wildman–Crippen LogP) is 2.79. The van der Waals surface area contributed by atoms with E-state index < -0.39 is 225 Å². The second-order valence-corrected chi connectivity index (χ2v) is 30.1. The van der Waals surface area contributed by atoms with Crippen molar-refractivity contribution in [2.75, 3.05) is 19.9 Å². The van der Waals surface area contributed by atoms with E-state index in [9.17, 15) is 69.9 Å². The Morgan fingerprint density at radius 2 is 1.38 bits per heavy atom. The Labute approximate surface area is 651 Å². The molecule has 2 saturated heterocycles. The van der Waals surface area contributed by atoms with Crippen molar-refractivity contribution in [2.45, 2.75) is 161 Å². The van der Waals surface area contributed by atoms with Crippen LogP contribution in [-0.4, -0.2) is 202 Å². The average Bonchev–Trinajstić information content (AvgIpc) is 0.907. The number of carbonyl (C=O) groups excluding carboxylic acids is 7. The molecule has 18 atom stereocenters. The van der Waals surface area contributed by atoms with Gasteiger partial charge in [-0.1, -0.05) is 67.0 Å². The molecule has 112 heavy (non-hydrogen) atoms. The van der Waals surface area contributed by atoms with Crippen molar-refractivity contribution in [3.63, 3.8) is 0 Å². The lowest BCUT2D eigenvalue weighted by atomic mass is 9.86. The molecule has 1 aromatic heterocycles. The van der Waals surface area contributed by atoms with Crippen molar-refractivity contribution in [1.82, 2.24) is 47.2 Å². The van der Waals surface area contributed by atoms with Crippen LogP contribution in [0, 0.1) is 5.92 Å². The van der Waals surface area contributed by atoms with Crippen molar-refractivity contribution in [3.05, 3.63) is 135 Å². The van der Waals surface area contributed by atoms with Crippen LogP contribution >= 0.6 is 35.0 Å². The van der Waals surface area contributed by atoms with Crippen molar-refractivity contribution >= 4 is 93.3 Å². The molecule has 7 aliphatic rings. The lowest BCUT2D eigenvalue weighted by Crippen LogP contribution is -2.64. The number of nitrogens with zero attached hydrogens (tertiary/aromatic N) is 1. The van der Waals surface area contributed by atoms with Gasteiger partial charge in [0.05, 0.1) is 59.0 Å². The molecule has 7 amide bonds.